The molecule has 0 saturated carbocycles. The van der Waals surface area contributed by atoms with Gasteiger partial charge in [0.2, 0.25) is 0 Å². The van der Waals surface area contributed by atoms with Gasteiger partial charge in [-0.15, -0.1) is 0 Å². The van der Waals surface area contributed by atoms with Crippen LogP contribution in [0.2, 0.25) is 0 Å². The zero-order valence-electron chi connectivity index (χ0n) is 11.2. The number of carbonyl (C=O) groups excluding carboxylic acids is 1. The number of hydrogen-bond donors (Lipinski definition) is 1. The fourth-order valence-corrected chi connectivity index (χ4v) is 2.72. The van der Waals surface area contributed by atoms with E-state index in [1.807, 2.05) is 12.1 Å². The average Bonchev–Trinajstić information content (AvgIpc) is 2.46. The van der Waals surface area contributed by atoms with E-state index < -0.39 is 11.1 Å². The zero-order valence-corrected chi connectivity index (χ0v) is 12.1. The van der Waals surface area contributed by atoms with Crippen LogP contribution in [0, 0.1) is 5.82 Å². The van der Waals surface area contributed by atoms with E-state index in [1.165, 1.54) is 12.1 Å². The Labute approximate surface area is 125 Å². The lowest BCUT2D eigenvalue weighted by Gasteiger charge is -2.15. The van der Waals surface area contributed by atoms with E-state index in [0.29, 0.717) is 6.42 Å². The van der Waals surface area contributed by atoms with Crippen LogP contribution in [0.25, 0.3) is 0 Å². The summed E-state index contributed by atoms with van der Waals surface area (Å²) in [5, 5.41) is 0. The molecule has 1 N–H and O–H groups in total. The van der Waals surface area contributed by atoms with E-state index >= 15 is 0 Å². The Bertz CT molecular complexity index is 623. The number of halogens is 1. The molecule has 0 amide bonds. The quantitative estimate of drug-likeness (QED) is 0.658. The van der Waals surface area contributed by atoms with Crippen molar-refractivity contribution in [2.45, 2.75) is 18.1 Å². The van der Waals surface area contributed by atoms with E-state index in [2.05, 4.69) is 0 Å². The van der Waals surface area contributed by atoms with Crippen molar-refractivity contribution in [1.29, 1.82) is 0 Å². The predicted molar refractivity (Wildman–Crippen MR) is 79.8 cm³/mol. The molecule has 5 heteroatoms. The van der Waals surface area contributed by atoms with Crippen LogP contribution in [0.5, 0.6) is 0 Å². The number of carbonyl (C=O) groups is 1. The molecule has 0 spiro atoms. The van der Waals surface area contributed by atoms with Gasteiger partial charge in [0, 0.05) is 12.3 Å². The average molecular weight is 306 g/mol. The summed E-state index contributed by atoms with van der Waals surface area (Å²) in [7, 11) is 0. The van der Waals surface area contributed by atoms with Crippen LogP contribution in [0.4, 0.5) is 4.39 Å². The van der Waals surface area contributed by atoms with E-state index in [9.17, 15) is 13.4 Å². The summed E-state index contributed by atoms with van der Waals surface area (Å²) in [4.78, 5) is 10.9. The fraction of sp³-hybridized carbons (Fsp3) is 0.188. The van der Waals surface area contributed by atoms with Gasteiger partial charge in [-0.25, -0.2) is 8.60 Å². The highest BCUT2D eigenvalue weighted by Gasteiger charge is 2.14. The highest BCUT2D eigenvalue weighted by Crippen LogP contribution is 2.27. The fourth-order valence-electron chi connectivity index (χ4n) is 2.24. The Morgan fingerprint density at radius 3 is 2.05 bits per heavy atom. The third kappa shape index (κ3) is 4.31. The maximum absolute atomic E-state index is 13.0. The molecule has 110 valence electrons. The molecule has 0 aliphatic heterocycles. The molecule has 0 saturated heterocycles. The summed E-state index contributed by atoms with van der Waals surface area (Å²) in [6, 6.07) is 13.3. The van der Waals surface area contributed by atoms with Crippen molar-refractivity contribution in [3.8, 4) is 0 Å². The van der Waals surface area contributed by atoms with E-state index in [0.717, 1.165) is 23.0 Å². The molecule has 0 aliphatic rings. The maximum Gasteiger partial charge on any atom is 0.157 e. The van der Waals surface area contributed by atoms with Crippen molar-refractivity contribution in [2.75, 3.05) is 0 Å². The van der Waals surface area contributed by atoms with Crippen molar-refractivity contribution in [2.24, 2.45) is 0 Å². The Hall–Kier alpha value is -1.85. The first-order valence-electron chi connectivity index (χ1n) is 6.45. The van der Waals surface area contributed by atoms with Gasteiger partial charge in [0.05, 0.1) is 5.75 Å². The van der Waals surface area contributed by atoms with Gasteiger partial charge >= 0.3 is 0 Å². The van der Waals surface area contributed by atoms with Crippen LogP contribution in [-0.4, -0.2) is 15.0 Å². The first-order valence-corrected chi connectivity index (χ1v) is 7.73. The largest absolute Gasteiger partial charge is 0.306 e. The number of hydrogen-bond acceptors (Lipinski definition) is 2. The van der Waals surface area contributed by atoms with Crippen molar-refractivity contribution < 1.29 is 17.9 Å². The third-order valence-corrected chi connectivity index (χ3v) is 3.86. The van der Waals surface area contributed by atoms with Crippen LogP contribution in [0.3, 0.4) is 0 Å². The van der Waals surface area contributed by atoms with Gasteiger partial charge < -0.3 is 9.35 Å². The molecule has 2 aromatic rings. The Balaban J connectivity index is 2.27. The van der Waals surface area contributed by atoms with Gasteiger partial charge in [-0.1, -0.05) is 36.4 Å². The minimum absolute atomic E-state index is 0.0785. The SMILES string of the molecule is O=CC[C@H](c1ccc(F)cc1)c1ccc(CS(=O)O)cc1. The van der Waals surface area contributed by atoms with Crippen molar-refractivity contribution in [3.63, 3.8) is 0 Å². The van der Waals surface area contributed by atoms with Crippen molar-refractivity contribution in [1.82, 2.24) is 0 Å². The molecule has 0 fully saturated rings. The molecular formula is C16H15FO3S. The van der Waals surface area contributed by atoms with E-state index in [4.69, 9.17) is 4.55 Å². The molecule has 2 aromatic carbocycles. The lowest BCUT2D eigenvalue weighted by Crippen LogP contribution is -2.03. The monoisotopic (exact) mass is 306 g/mol. The number of benzene rings is 2. The van der Waals surface area contributed by atoms with Crippen LogP contribution >= 0.6 is 0 Å². The molecule has 0 bridgehead atoms. The summed E-state index contributed by atoms with van der Waals surface area (Å²) in [6.07, 6.45) is 1.14. The van der Waals surface area contributed by atoms with E-state index in [-0.39, 0.29) is 17.5 Å². The van der Waals surface area contributed by atoms with Crippen LogP contribution in [0.15, 0.2) is 48.5 Å². The highest BCUT2D eigenvalue weighted by atomic mass is 32.2. The standard InChI is InChI=1S/C16H15FO3S/c17-15-7-5-14(6-8-15)16(9-10-18)13-3-1-12(2-4-13)11-21(19)20/h1-8,10,16H,9,11H2,(H,19,20)/t16-/m0/s1. The summed E-state index contributed by atoms with van der Waals surface area (Å²) in [5.74, 6) is -0.379. The van der Waals surface area contributed by atoms with Gasteiger partial charge in [0.25, 0.3) is 0 Å². The van der Waals surface area contributed by atoms with Crippen LogP contribution in [0.1, 0.15) is 29.0 Å². The lowest BCUT2D eigenvalue weighted by molar-refractivity contribution is -0.108. The molecule has 21 heavy (non-hydrogen) atoms. The first kappa shape index (κ1) is 15.5. The first-order chi connectivity index (χ1) is 10.1. The molecule has 0 heterocycles. The Morgan fingerprint density at radius 1 is 1.05 bits per heavy atom. The summed E-state index contributed by atoms with van der Waals surface area (Å²) in [6.45, 7) is 0. The van der Waals surface area contributed by atoms with Gasteiger partial charge in [-0.3, -0.25) is 0 Å². The summed E-state index contributed by atoms with van der Waals surface area (Å²) >= 11 is -1.87. The van der Waals surface area contributed by atoms with Crippen molar-refractivity contribution in [3.05, 3.63) is 71.0 Å². The molecular weight excluding hydrogens is 291 g/mol. The molecule has 1 unspecified atom stereocenters. The highest BCUT2D eigenvalue weighted by molar-refractivity contribution is 7.78. The van der Waals surface area contributed by atoms with Gasteiger partial charge in [0.1, 0.15) is 12.1 Å². The topological polar surface area (TPSA) is 54.4 Å². The van der Waals surface area contributed by atoms with Gasteiger partial charge in [-0.2, -0.15) is 0 Å². The van der Waals surface area contributed by atoms with Gasteiger partial charge in [0.15, 0.2) is 11.1 Å². The molecule has 0 aromatic heterocycles. The summed E-state index contributed by atoms with van der Waals surface area (Å²) < 4.78 is 32.6. The minimum atomic E-state index is -1.87. The molecule has 0 radical (unpaired) electrons. The zero-order chi connectivity index (χ0) is 15.2. The van der Waals surface area contributed by atoms with Crippen molar-refractivity contribution >= 4 is 17.4 Å². The van der Waals surface area contributed by atoms with Crippen LogP contribution < -0.4 is 0 Å². The predicted octanol–water partition coefficient (Wildman–Crippen LogP) is 3.27. The molecule has 2 rings (SSSR count). The van der Waals surface area contributed by atoms with E-state index in [1.54, 1.807) is 24.3 Å². The Morgan fingerprint density at radius 2 is 1.57 bits per heavy atom. The number of aldehydes is 1. The second-order valence-corrected chi connectivity index (χ2v) is 5.65. The summed E-state index contributed by atoms with van der Waals surface area (Å²) in [5.41, 5.74) is 2.53. The normalized spacial score (nSPS) is 13.6. The number of rotatable bonds is 6. The Kier molecular flexibility index (Phi) is 5.36. The third-order valence-electron chi connectivity index (χ3n) is 3.28. The smallest absolute Gasteiger partial charge is 0.157 e. The van der Waals surface area contributed by atoms with Crippen LogP contribution in [-0.2, 0) is 21.6 Å². The van der Waals surface area contributed by atoms with Gasteiger partial charge in [-0.05, 0) is 28.8 Å². The molecule has 3 nitrogen and oxygen atoms in total. The maximum atomic E-state index is 13.0. The minimum Gasteiger partial charge on any atom is -0.306 e. The second kappa shape index (κ2) is 7.24. The molecule has 0 aliphatic carbocycles. The lowest BCUT2D eigenvalue weighted by atomic mass is 9.88. The second-order valence-electron chi connectivity index (χ2n) is 4.71. The molecule has 2 atom stereocenters.